The summed E-state index contributed by atoms with van der Waals surface area (Å²) < 4.78 is 4.67. The molecule has 0 spiro atoms. The number of benzene rings is 2. The molecule has 2 aromatic carbocycles. The topological polar surface area (TPSA) is 106 Å². The first-order chi connectivity index (χ1) is 13.0. The minimum atomic E-state index is -0.216. The van der Waals surface area contributed by atoms with E-state index >= 15 is 0 Å². The predicted molar refractivity (Wildman–Crippen MR) is 114 cm³/mol. The highest BCUT2D eigenvalue weighted by atomic mass is 35.5. The molecule has 7 nitrogen and oxygen atoms in total. The Hall–Kier alpha value is -3.06. The van der Waals surface area contributed by atoms with E-state index in [-0.39, 0.29) is 24.2 Å². The molecule has 0 radical (unpaired) electrons. The van der Waals surface area contributed by atoms with E-state index in [0.717, 1.165) is 23.5 Å². The Balaban J connectivity index is 0.00000280. The van der Waals surface area contributed by atoms with E-state index in [4.69, 9.17) is 16.6 Å². The van der Waals surface area contributed by atoms with Gasteiger partial charge in [-0.05, 0) is 48.4 Å². The summed E-state index contributed by atoms with van der Waals surface area (Å²) in [5, 5.41) is 16.0. The summed E-state index contributed by atoms with van der Waals surface area (Å²) in [4.78, 5) is 15.1. The summed E-state index contributed by atoms with van der Waals surface area (Å²) in [6.45, 7) is 1.43. The van der Waals surface area contributed by atoms with Gasteiger partial charge in [-0.1, -0.05) is 12.1 Å². The molecular formula is C20H24ClN5O2. The number of aryl methyl sites for hydroxylation is 1. The molecule has 0 atom stereocenters. The maximum atomic E-state index is 11.3. The van der Waals surface area contributed by atoms with Crippen molar-refractivity contribution in [3.8, 4) is 0 Å². The molecule has 8 heteroatoms. The molecular weight excluding hydrogens is 378 g/mol. The number of hydrogen-bond donors (Lipinski definition) is 3. The fraction of sp³-hybridized carbons (Fsp3) is 0.250. The Morgan fingerprint density at radius 1 is 1.04 bits per heavy atom. The molecule has 0 bridgehead atoms. The number of nitrogens with two attached hydrogens (primary N) is 1. The van der Waals surface area contributed by atoms with Crippen LogP contribution in [-0.2, 0) is 16.0 Å². The summed E-state index contributed by atoms with van der Waals surface area (Å²) >= 11 is 0. The second-order valence-corrected chi connectivity index (χ2v) is 6.33. The molecule has 0 saturated carbocycles. The van der Waals surface area contributed by atoms with Gasteiger partial charge in [0.1, 0.15) is 5.84 Å². The number of rotatable bonds is 6. The quantitative estimate of drug-likeness (QED) is 0.392. The molecule has 0 unspecified atom stereocenters. The maximum absolute atomic E-state index is 11.3. The normalized spacial score (nSPS) is 13.2. The van der Waals surface area contributed by atoms with Crippen molar-refractivity contribution in [3.63, 3.8) is 0 Å². The van der Waals surface area contributed by atoms with Gasteiger partial charge in [0.2, 0.25) is 5.96 Å². The molecule has 1 aliphatic heterocycles. The van der Waals surface area contributed by atoms with Crippen molar-refractivity contribution in [2.45, 2.75) is 12.8 Å². The van der Waals surface area contributed by atoms with Crippen LogP contribution >= 0.6 is 12.4 Å². The number of ether oxygens (including phenoxy) is 1. The highest BCUT2D eigenvalue weighted by molar-refractivity contribution is 6.07. The molecule has 1 saturated heterocycles. The van der Waals surface area contributed by atoms with Crippen LogP contribution in [0.15, 0.2) is 48.5 Å². The smallest absolute Gasteiger partial charge is 0.305 e. The first kappa shape index (κ1) is 21.2. The van der Waals surface area contributed by atoms with Crippen LogP contribution in [0.2, 0.25) is 0 Å². The Labute approximate surface area is 170 Å². The number of nitrogens with one attached hydrogen (secondary N) is 2. The zero-order valence-corrected chi connectivity index (χ0v) is 16.5. The highest BCUT2D eigenvalue weighted by Gasteiger charge is 2.27. The van der Waals surface area contributed by atoms with E-state index in [1.807, 2.05) is 46.2 Å². The van der Waals surface area contributed by atoms with Crippen LogP contribution in [0.25, 0.3) is 0 Å². The van der Waals surface area contributed by atoms with Crippen molar-refractivity contribution in [3.05, 3.63) is 59.7 Å². The third-order valence-electron chi connectivity index (χ3n) is 4.64. The van der Waals surface area contributed by atoms with Crippen LogP contribution < -0.4 is 15.5 Å². The second kappa shape index (κ2) is 9.23. The van der Waals surface area contributed by atoms with Crippen LogP contribution in [0.3, 0.4) is 0 Å². The first-order valence-electron chi connectivity index (χ1n) is 8.73. The van der Waals surface area contributed by atoms with E-state index in [1.165, 1.54) is 7.11 Å². The number of nitrogen functional groups attached to an aromatic ring is 1. The zero-order valence-electron chi connectivity index (χ0n) is 15.6. The van der Waals surface area contributed by atoms with Crippen molar-refractivity contribution in [2.75, 3.05) is 30.0 Å². The van der Waals surface area contributed by atoms with Crippen LogP contribution in [-0.4, -0.2) is 38.0 Å². The van der Waals surface area contributed by atoms with Gasteiger partial charge in [-0.15, -0.1) is 12.4 Å². The van der Waals surface area contributed by atoms with Crippen molar-refractivity contribution in [2.24, 2.45) is 5.73 Å². The summed E-state index contributed by atoms with van der Waals surface area (Å²) in [7, 11) is 1.39. The molecule has 1 fully saturated rings. The fourth-order valence-electron chi connectivity index (χ4n) is 3.07. The summed E-state index contributed by atoms with van der Waals surface area (Å²) in [5.41, 5.74) is 9.08. The number of halogens is 1. The lowest BCUT2D eigenvalue weighted by atomic mass is 10.1. The number of carbonyl (C=O) groups is 1. The van der Waals surface area contributed by atoms with E-state index in [1.54, 1.807) is 12.1 Å². The number of methoxy groups -OCH3 is 1. The largest absolute Gasteiger partial charge is 0.469 e. The number of nitrogens with zero attached hydrogens (tertiary/aromatic N) is 2. The Morgan fingerprint density at radius 3 is 2.00 bits per heavy atom. The summed E-state index contributed by atoms with van der Waals surface area (Å²) in [6.07, 6.45) is 0.998. The van der Waals surface area contributed by atoms with Gasteiger partial charge in [0, 0.05) is 36.4 Å². The first-order valence-corrected chi connectivity index (χ1v) is 8.73. The fourth-order valence-corrected chi connectivity index (χ4v) is 3.07. The SMILES string of the molecule is COC(=O)CCc1ccc(N2CCN(c3ccc(C(=N)N)cc3)C2=N)cc1.Cl. The Morgan fingerprint density at radius 2 is 1.54 bits per heavy atom. The van der Waals surface area contributed by atoms with Gasteiger partial charge in [0.15, 0.2) is 0 Å². The summed E-state index contributed by atoms with van der Waals surface area (Å²) in [6, 6.07) is 15.3. The van der Waals surface area contributed by atoms with Crippen molar-refractivity contribution in [1.29, 1.82) is 10.8 Å². The van der Waals surface area contributed by atoms with Gasteiger partial charge in [-0.3, -0.25) is 15.6 Å². The zero-order chi connectivity index (χ0) is 19.4. The number of guanidine groups is 1. The van der Waals surface area contributed by atoms with E-state index in [9.17, 15) is 4.79 Å². The molecule has 1 heterocycles. The monoisotopic (exact) mass is 401 g/mol. The standard InChI is InChI=1S/C20H23N5O2.ClH/c1-27-18(26)11-4-14-2-7-16(8-3-14)24-12-13-25(20(24)23)17-9-5-15(6-10-17)19(21)22;/h2-3,5-10,23H,4,11-13H2,1H3,(H3,21,22);1H. The Kier molecular flexibility index (Phi) is 7.00. The molecule has 2 aromatic rings. The average molecular weight is 402 g/mol. The Bertz CT molecular complexity index is 852. The second-order valence-electron chi connectivity index (χ2n) is 6.33. The van der Waals surface area contributed by atoms with Gasteiger partial charge >= 0.3 is 5.97 Å². The minimum absolute atomic E-state index is 0. The molecule has 4 N–H and O–H groups in total. The molecule has 28 heavy (non-hydrogen) atoms. The maximum Gasteiger partial charge on any atom is 0.305 e. The van der Waals surface area contributed by atoms with Crippen LogP contribution in [0.4, 0.5) is 11.4 Å². The lowest BCUT2D eigenvalue weighted by molar-refractivity contribution is -0.140. The molecule has 0 aromatic heterocycles. The molecule has 0 aliphatic carbocycles. The predicted octanol–water partition coefficient (Wildman–Crippen LogP) is 2.76. The van der Waals surface area contributed by atoms with Crippen molar-refractivity contribution < 1.29 is 9.53 Å². The molecule has 3 rings (SSSR count). The van der Waals surface area contributed by atoms with Gasteiger partial charge in [-0.2, -0.15) is 0 Å². The van der Waals surface area contributed by atoms with E-state index in [2.05, 4.69) is 4.74 Å². The third-order valence-corrected chi connectivity index (χ3v) is 4.64. The molecule has 0 amide bonds. The van der Waals surface area contributed by atoms with Gasteiger partial charge in [-0.25, -0.2) is 0 Å². The third kappa shape index (κ3) is 4.61. The van der Waals surface area contributed by atoms with Crippen molar-refractivity contribution in [1.82, 2.24) is 0 Å². The minimum Gasteiger partial charge on any atom is -0.469 e. The van der Waals surface area contributed by atoms with Gasteiger partial charge in [0.05, 0.1) is 7.11 Å². The highest BCUT2D eigenvalue weighted by Crippen LogP contribution is 2.25. The van der Waals surface area contributed by atoms with Crippen LogP contribution in [0.1, 0.15) is 17.5 Å². The number of amidine groups is 1. The van der Waals surface area contributed by atoms with Crippen molar-refractivity contribution >= 4 is 41.5 Å². The van der Waals surface area contributed by atoms with Crippen LogP contribution in [0, 0.1) is 10.8 Å². The molecule has 148 valence electrons. The lowest BCUT2D eigenvalue weighted by Gasteiger charge is -2.22. The van der Waals surface area contributed by atoms with E-state index in [0.29, 0.717) is 30.9 Å². The van der Waals surface area contributed by atoms with Gasteiger partial charge in [0.25, 0.3) is 0 Å². The number of anilines is 2. The summed E-state index contributed by atoms with van der Waals surface area (Å²) in [5.74, 6) is 0.228. The number of esters is 1. The average Bonchev–Trinajstić information content (AvgIpc) is 3.08. The van der Waals surface area contributed by atoms with Crippen LogP contribution in [0.5, 0.6) is 0 Å². The van der Waals surface area contributed by atoms with Gasteiger partial charge < -0.3 is 20.3 Å². The van der Waals surface area contributed by atoms with E-state index < -0.39 is 0 Å². The molecule has 1 aliphatic rings. The lowest BCUT2D eigenvalue weighted by Crippen LogP contribution is -2.32. The number of hydrogen-bond acceptors (Lipinski definition) is 4. The number of carbonyl (C=O) groups excluding carboxylic acids is 1.